The molecule has 7 nitrogen and oxygen atoms in total. The molecule has 2 aromatic rings. The number of rotatable bonds is 4. The van der Waals surface area contributed by atoms with Crippen LogP contribution < -0.4 is 10.1 Å². The van der Waals surface area contributed by atoms with Gasteiger partial charge in [0.1, 0.15) is 11.4 Å². The maximum atomic E-state index is 12.6. The van der Waals surface area contributed by atoms with Gasteiger partial charge in [-0.2, -0.15) is 0 Å². The Bertz CT molecular complexity index is 931. The Balaban J connectivity index is 1.38. The second-order valence-electron chi connectivity index (χ2n) is 7.54. The van der Waals surface area contributed by atoms with Gasteiger partial charge in [-0.15, -0.1) is 0 Å². The van der Waals surface area contributed by atoms with Gasteiger partial charge in [0.15, 0.2) is 5.78 Å². The first kappa shape index (κ1) is 19.1. The number of ketones is 1. The molecule has 1 aromatic carbocycles. The summed E-state index contributed by atoms with van der Waals surface area (Å²) in [7, 11) is 0. The Labute approximate surface area is 169 Å². The number of pyridine rings is 1. The van der Waals surface area contributed by atoms with Gasteiger partial charge in [0.25, 0.3) is 0 Å². The molecule has 0 radical (unpaired) electrons. The van der Waals surface area contributed by atoms with E-state index in [2.05, 4.69) is 10.3 Å². The molecular weight excluding hydrogens is 370 g/mol. The fourth-order valence-corrected chi connectivity index (χ4v) is 3.89. The fourth-order valence-electron chi connectivity index (χ4n) is 3.89. The largest absolute Gasteiger partial charge is 0.486 e. The van der Waals surface area contributed by atoms with Crippen LogP contribution in [0.1, 0.15) is 41.7 Å². The lowest BCUT2D eigenvalue weighted by Crippen LogP contribution is -2.44. The van der Waals surface area contributed by atoms with Crippen molar-refractivity contribution in [3.63, 3.8) is 0 Å². The molecule has 7 heteroatoms. The van der Waals surface area contributed by atoms with Gasteiger partial charge in [0.05, 0.1) is 30.8 Å². The monoisotopic (exact) mass is 393 g/mol. The molecule has 3 heterocycles. The topological polar surface area (TPSA) is 88.6 Å². The Morgan fingerprint density at radius 1 is 1.14 bits per heavy atom. The number of hydrogen-bond acceptors (Lipinski definition) is 5. The number of Topliss-reactive ketones (excluding diaryl/α,β-unsaturated/α-hetero) is 1. The molecule has 1 atom stereocenters. The van der Waals surface area contributed by atoms with E-state index in [1.54, 1.807) is 23.2 Å². The van der Waals surface area contributed by atoms with Crippen molar-refractivity contribution in [2.75, 3.05) is 13.1 Å². The molecule has 0 unspecified atom stereocenters. The third-order valence-electron chi connectivity index (χ3n) is 5.51. The maximum Gasteiger partial charge on any atom is 0.239 e. The van der Waals surface area contributed by atoms with Crippen LogP contribution >= 0.6 is 0 Å². The van der Waals surface area contributed by atoms with Crippen LogP contribution in [0.3, 0.4) is 0 Å². The number of ether oxygens (including phenoxy) is 1. The van der Waals surface area contributed by atoms with Gasteiger partial charge in [0, 0.05) is 25.6 Å². The first-order valence-corrected chi connectivity index (χ1v) is 9.80. The number of fused-ring (bicyclic) bond motifs is 1. The molecule has 0 saturated carbocycles. The fraction of sp³-hybridized carbons (Fsp3) is 0.364. The van der Waals surface area contributed by atoms with Gasteiger partial charge in [0.2, 0.25) is 11.8 Å². The van der Waals surface area contributed by atoms with Crippen molar-refractivity contribution in [1.29, 1.82) is 0 Å². The predicted octanol–water partition coefficient (Wildman–Crippen LogP) is 2.11. The highest BCUT2D eigenvalue weighted by atomic mass is 16.5. The summed E-state index contributed by atoms with van der Waals surface area (Å²) in [6, 6.07) is 12.7. The lowest BCUT2D eigenvalue weighted by molar-refractivity contribution is -0.135. The Morgan fingerprint density at radius 3 is 2.79 bits per heavy atom. The van der Waals surface area contributed by atoms with Crippen molar-refractivity contribution in [2.45, 2.75) is 37.8 Å². The van der Waals surface area contributed by atoms with Crippen LogP contribution in [0.2, 0.25) is 0 Å². The van der Waals surface area contributed by atoms with Gasteiger partial charge in [-0.1, -0.05) is 18.2 Å². The first-order valence-electron chi connectivity index (χ1n) is 9.80. The summed E-state index contributed by atoms with van der Waals surface area (Å²) < 4.78 is 6.21. The van der Waals surface area contributed by atoms with Crippen molar-refractivity contribution in [1.82, 2.24) is 15.2 Å². The Morgan fingerprint density at radius 2 is 1.97 bits per heavy atom. The normalized spacial score (nSPS) is 21.3. The van der Waals surface area contributed by atoms with Crippen molar-refractivity contribution in [2.24, 2.45) is 0 Å². The second kappa shape index (κ2) is 8.03. The molecule has 2 aliphatic heterocycles. The minimum Gasteiger partial charge on any atom is -0.486 e. The van der Waals surface area contributed by atoms with Crippen molar-refractivity contribution in [3.05, 3.63) is 59.9 Å². The van der Waals surface area contributed by atoms with Crippen LogP contribution in [0.4, 0.5) is 0 Å². The number of para-hydroxylation sites is 1. The third-order valence-corrected chi connectivity index (χ3v) is 5.51. The number of carbonyl (C=O) groups excluding carboxylic acids is 3. The first-order chi connectivity index (χ1) is 14.0. The molecule has 1 spiro atoms. The number of amides is 2. The van der Waals surface area contributed by atoms with E-state index in [0.717, 1.165) is 5.69 Å². The zero-order valence-corrected chi connectivity index (χ0v) is 16.1. The van der Waals surface area contributed by atoms with Gasteiger partial charge < -0.3 is 15.0 Å². The molecule has 150 valence electrons. The highest BCUT2D eigenvalue weighted by Crippen LogP contribution is 2.39. The molecule has 1 aromatic heterocycles. The molecule has 0 bridgehead atoms. The molecular formula is C22H23N3O4. The van der Waals surface area contributed by atoms with E-state index in [1.807, 2.05) is 30.3 Å². The van der Waals surface area contributed by atoms with Crippen LogP contribution in [-0.2, 0) is 16.1 Å². The number of aromatic nitrogens is 1. The number of nitrogens with zero attached hydrogens (tertiary/aromatic N) is 2. The smallest absolute Gasteiger partial charge is 0.239 e. The number of likely N-dealkylation sites (tertiary alicyclic amines) is 1. The Hall–Kier alpha value is -3.22. The van der Waals surface area contributed by atoms with E-state index in [-0.39, 0.29) is 37.0 Å². The SMILES string of the molecule is O=C(CN1CC[C@@]2(CCC1=O)CC(=O)c1ccccc1O2)NCc1ccccn1. The van der Waals surface area contributed by atoms with Crippen LogP contribution in [0.15, 0.2) is 48.7 Å². The maximum absolute atomic E-state index is 12.6. The molecule has 29 heavy (non-hydrogen) atoms. The molecule has 2 amide bonds. The molecule has 0 aliphatic carbocycles. The van der Waals surface area contributed by atoms with Gasteiger partial charge >= 0.3 is 0 Å². The summed E-state index contributed by atoms with van der Waals surface area (Å²) >= 11 is 0. The van der Waals surface area contributed by atoms with E-state index in [0.29, 0.717) is 37.2 Å². The molecule has 2 aliphatic rings. The van der Waals surface area contributed by atoms with E-state index < -0.39 is 5.60 Å². The number of hydrogen-bond donors (Lipinski definition) is 1. The summed E-state index contributed by atoms with van der Waals surface area (Å²) in [6.07, 6.45) is 3.17. The van der Waals surface area contributed by atoms with Crippen LogP contribution in [-0.4, -0.2) is 46.2 Å². The lowest BCUT2D eigenvalue weighted by atomic mass is 9.84. The van der Waals surface area contributed by atoms with E-state index in [4.69, 9.17) is 4.74 Å². The van der Waals surface area contributed by atoms with Crippen molar-refractivity contribution in [3.8, 4) is 5.75 Å². The number of carbonyl (C=O) groups is 3. The standard InChI is InChI=1S/C22H23N3O4/c26-18-13-22(29-19-7-2-1-6-17(18)19)9-8-21(28)25(12-10-22)15-20(27)24-14-16-5-3-4-11-23-16/h1-7,11H,8-10,12-15H2,(H,24,27)/t22-/m0/s1. The quantitative estimate of drug-likeness (QED) is 0.860. The van der Waals surface area contributed by atoms with Crippen molar-refractivity contribution >= 4 is 17.6 Å². The lowest BCUT2D eigenvalue weighted by Gasteiger charge is -2.37. The van der Waals surface area contributed by atoms with Gasteiger partial charge in [-0.3, -0.25) is 19.4 Å². The predicted molar refractivity (Wildman–Crippen MR) is 105 cm³/mol. The minimum absolute atomic E-state index is 0.00766. The van der Waals surface area contributed by atoms with Crippen LogP contribution in [0, 0.1) is 0 Å². The molecule has 4 rings (SSSR count). The summed E-state index contributed by atoms with van der Waals surface area (Å²) in [5.74, 6) is 0.300. The molecule has 1 saturated heterocycles. The average molecular weight is 393 g/mol. The van der Waals surface area contributed by atoms with Crippen LogP contribution in [0.25, 0.3) is 0 Å². The number of nitrogens with one attached hydrogen (secondary N) is 1. The van der Waals surface area contributed by atoms with E-state index in [9.17, 15) is 14.4 Å². The summed E-state index contributed by atoms with van der Waals surface area (Å²) in [5.41, 5.74) is 0.675. The highest BCUT2D eigenvalue weighted by Gasteiger charge is 2.43. The van der Waals surface area contributed by atoms with Crippen LogP contribution in [0.5, 0.6) is 5.75 Å². The van der Waals surface area contributed by atoms with E-state index >= 15 is 0 Å². The Kier molecular flexibility index (Phi) is 5.29. The van der Waals surface area contributed by atoms with Crippen molar-refractivity contribution < 1.29 is 19.1 Å². The second-order valence-corrected chi connectivity index (χ2v) is 7.54. The van der Waals surface area contributed by atoms with Gasteiger partial charge in [-0.25, -0.2) is 0 Å². The zero-order valence-electron chi connectivity index (χ0n) is 16.1. The zero-order chi connectivity index (χ0) is 20.3. The summed E-state index contributed by atoms with van der Waals surface area (Å²) in [5, 5.41) is 2.80. The van der Waals surface area contributed by atoms with E-state index in [1.165, 1.54) is 0 Å². The average Bonchev–Trinajstić information content (AvgIpc) is 2.87. The third kappa shape index (κ3) is 4.29. The molecule has 1 N–H and O–H groups in total. The highest BCUT2D eigenvalue weighted by molar-refractivity contribution is 6.00. The summed E-state index contributed by atoms with van der Waals surface area (Å²) in [4.78, 5) is 43.2. The molecule has 1 fully saturated rings. The van der Waals surface area contributed by atoms with Gasteiger partial charge in [-0.05, 0) is 30.7 Å². The summed E-state index contributed by atoms with van der Waals surface area (Å²) in [6.45, 7) is 0.692. The minimum atomic E-state index is -0.680. The number of benzene rings is 1.